The molecule has 1 fully saturated rings. The normalized spacial score (nSPS) is 20.3. The van der Waals surface area contributed by atoms with E-state index < -0.39 is 10.2 Å². The molecule has 0 unspecified atom stereocenters. The fourth-order valence-electron chi connectivity index (χ4n) is 2.85. The van der Waals surface area contributed by atoms with Gasteiger partial charge in [0.1, 0.15) is 5.82 Å². The highest BCUT2D eigenvalue weighted by Crippen LogP contribution is 2.25. The SMILES string of the molecule is CNc1cccc(CC[C@@H]2CCCCN2S(=O)(=O)N(C)C)n1. The lowest BCUT2D eigenvalue weighted by atomic mass is 9.99. The van der Waals surface area contributed by atoms with E-state index in [0.717, 1.165) is 43.6 Å². The Morgan fingerprint density at radius 2 is 2.14 bits per heavy atom. The minimum Gasteiger partial charge on any atom is -0.373 e. The Kier molecular flexibility index (Phi) is 5.77. The molecule has 2 heterocycles. The summed E-state index contributed by atoms with van der Waals surface area (Å²) in [4.78, 5) is 4.51. The molecule has 124 valence electrons. The monoisotopic (exact) mass is 326 g/mol. The Hall–Kier alpha value is -1.18. The third kappa shape index (κ3) is 3.97. The van der Waals surface area contributed by atoms with Crippen molar-refractivity contribution < 1.29 is 8.42 Å². The Labute approximate surface area is 133 Å². The molecule has 7 heteroatoms. The second kappa shape index (κ2) is 7.39. The number of pyridine rings is 1. The van der Waals surface area contributed by atoms with Crippen LogP contribution in [0.15, 0.2) is 18.2 Å². The third-order valence-corrected chi connectivity index (χ3v) is 6.12. The molecule has 0 aromatic carbocycles. The maximum absolute atomic E-state index is 12.4. The van der Waals surface area contributed by atoms with Crippen LogP contribution < -0.4 is 5.32 Å². The predicted octanol–water partition coefficient (Wildman–Crippen LogP) is 1.72. The van der Waals surface area contributed by atoms with Gasteiger partial charge in [0.2, 0.25) is 0 Å². The van der Waals surface area contributed by atoms with Gasteiger partial charge in [0, 0.05) is 39.4 Å². The highest BCUT2D eigenvalue weighted by Gasteiger charge is 2.33. The van der Waals surface area contributed by atoms with Gasteiger partial charge in [0.25, 0.3) is 10.2 Å². The van der Waals surface area contributed by atoms with Crippen molar-refractivity contribution in [2.24, 2.45) is 0 Å². The van der Waals surface area contributed by atoms with Crippen LogP contribution >= 0.6 is 0 Å². The summed E-state index contributed by atoms with van der Waals surface area (Å²) in [6.07, 6.45) is 4.57. The van der Waals surface area contributed by atoms with E-state index in [4.69, 9.17) is 0 Å². The van der Waals surface area contributed by atoms with E-state index in [1.54, 1.807) is 18.4 Å². The van der Waals surface area contributed by atoms with E-state index in [9.17, 15) is 8.42 Å². The van der Waals surface area contributed by atoms with Crippen LogP contribution in [0.4, 0.5) is 5.82 Å². The Balaban J connectivity index is 2.06. The number of hydrogen-bond acceptors (Lipinski definition) is 4. The lowest BCUT2D eigenvalue weighted by molar-refractivity contribution is 0.229. The van der Waals surface area contributed by atoms with Crippen LogP contribution in [0.25, 0.3) is 0 Å². The molecule has 0 amide bonds. The zero-order valence-corrected chi connectivity index (χ0v) is 14.4. The highest BCUT2D eigenvalue weighted by molar-refractivity contribution is 7.86. The van der Waals surface area contributed by atoms with Crippen molar-refractivity contribution in [3.05, 3.63) is 23.9 Å². The smallest absolute Gasteiger partial charge is 0.281 e. The van der Waals surface area contributed by atoms with Gasteiger partial charge in [-0.1, -0.05) is 12.5 Å². The predicted molar refractivity (Wildman–Crippen MR) is 89.1 cm³/mol. The first-order valence-corrected chi connectivity index (χ1v) is 9.18. The van der Waals surface area contributed by atoms with E-state index in [-0.39, 0.29) is 6.04 Å². The van der Waals surface area contributed by atoms with Crippen LogP contribution in [0.2, 0.25) is 0 Å². The van der Waals surface area contributed by atoms with Gasteiger partial charge in [-0.15, -0.1) is 0 Å². The molecule has 0 bridgehead atoms. The van der Waals surface area contributed by atoms with Crippen LogP contribution in [0, 0.1) is 0 Å². The van der Waals surface area contributed by atoms with Crippen molar-refractivity contribution in [1.29, 1.82) is 0 Å². The zero-order chi connectivity index (χ0) is 16.2. The first-order valence-electron chi connectivity index (χ1n) is 7.78. The first-order chi connectivity index (χ1) is 10.4. The number of hydrogen-bond donors (Lipinski definition) is 1. The summed E-state index contributed by atoms with van der Waals surface area (Å²) in [5.74, 6) is 0.846. The molecule has 1 aromatic rings. The minimum absolute atomic E-state index is 0.0705. The highest BCUT2D eigenvalue weighted by atomic mass is 32.2. The molecule has 2 rings (SSSR count). The van der Waals surface area contributed by atoms with Crippen LogP contribution in [-0.4, -0.2) is 55.7 Å². The van der Waals surface area contributed by atoms with Gasteiger partial charge in [-0.25, -0.2) is 4.98 Å². The van der Waals surface area contributed by atoms with Crippen molar-refractivity contribution in [1.82, 2.24) is 13.6 Å². The fraction of sp³-hybridized carbons (Fsp3) is 0.667. The number of anilines is 1. The summed E-state index contributed by atoms with van der Waals surface area (Å²) < 4.78 is 27.8. The lowest BCUT2D eigenvalue weighted by Gasteiger charge is -2.36. The van der Waals surface area contributed by atoms with E-state index in [1.165, 1.54) is 4.31 Å². The van der Waals surface area contributed by atoms with Crippen molar-refractivity contribution in [2.75, 3.05) is 33.0 Å². The van der Waals surface area contributed by atoms with Gasteiger partial charge in [0.05, 0.1) is 0 Å². The topological polar surface area (TPSA) is 65.5 Å². The van der Waals surface area contributed by atoms with E-state index >= 15 is 0 Å². The number of nitrogens with one attached hydrogen (secondary N) is 1. The summed E-state index contributed by atoms with van der Waals surface area (Å²) in [6.45, 7) is 0.620. The van der Waals surface area contributed by atoms with Gasteiger partial charge >= 0.3 is 0 Å². The van der Waals surface area contributed by atoms with Crippen molar-refractivity contribution in [3.8, 4) is 0 Å². The number of aryl methyl sites for hydroxylation is 1. The maximum Gasteiger partial charge on any atom is 0.281 e. The number of piperidine rings is 1. The van der Waals surface area contributed by atoms with Gasteiger partial charge in [0.15, 0.2) is 0 Å². The minimum atomic E-state index is -3.33. The Morgan fingerprint density at radius 1 is 1.36 bits per heavy atom. The molecule has 1 atom stereocenters. The summed E-state index contributed by atoms with van der Waals surface area (Å²) >= 11 is 0. The van der Waals surface area contributed by atoms with Crippen LogP contribution in [0.5, 0.6) is 0 Å². The zero-order valence-electron chi connectivity index (χ0n) is 13.6. The molecule has 6 nitrogen and oxygen atoms in total. The average Bonchev–Trinajstić information content (AvgIpc) is 2.53. The molecule has 0 saturated carbocycles. The standard InChI is InChI=1S/C15H26N4O2S/c1-16-15-9-6-7-13(17-15)10-11-14-8-4-5-12-19(14)22(20,21)18(2)3/h6-7,9,14H,4-5,8,10-12H2,1-3H3,(H,16,17)/t14-/m0/s1. The number of rotatable bonds is 6. The van der Waals surface area contributed by atoms with Gasteiger partial charge in [-0.2, -0.15) is 17.0 Å². The molecule has 1 aliphatic rings. The van der Waals surface area contributed by atoms with E-state index in [1.807, 2.05) is 25.2 Å². The summed E-state index contributed by atoms with van der Waals surface area (Å²) in [7, 11) is 1.71. The van der Waals surface area contributed by atoms with Crippen molar-refractivity contribution in [2.45, 2.75) is 38.1 Å². The molecular formula is C15H26N4O2S. The van der Waals surface area contributed by atoms with Gasteiger partial charge < -0.3 is 5.32 Å². The largest absolute Gasteiger partial charge is 0.373 e. The second-order valence-electron chi connectivity index (χ2n) is 5.85. The van der Waals surface area contributed by atoms with Crippen LogP contribution in [0.1, 0.15) is 31.4 Å². The second-order valence-corrected chi connectivity index (χ2v) is 7.95. The Bertz CT molecular complexity index is 589. The first kappa shape index (κ1) is 17.2. The summed E-state index contributed by atoms with van der Waals surface area (Å²) in [6, 6.07) is 5.96. The fourth-order valence-corrected chi connectivity index (χ4v) is 4.22. The molecule has 1 aliphatic heterocycles. The quantitative estimate of drug-likeness (QED) is 0.864. The van der Waals surface area contributed by atoms with Crippen LogP contribution in [-0.2, 0) is 16.6 Å². The molecule has 1 N–H and O–H groups in total. The van der Waals surface area contributed by atoms with E-state index in [2.05, 4.69) is 10.3 Å². The number of nitrogens with zero attached hydrogens (tertiary/aromatic N) is 3. The Morgan fingerprint density at radius 3 is 2.82 bits per heavy atom. The lowest BCUT2D eigenvalue weighted by Crippen LogP contribution is -2.48. The van der Waals surface area contributed by atoms with Gasteiger partial charge in [-0.3, -0.25) is 0 Å². The van der Waals surface area contributed by atoms with Crippen molar-refractivity contribution in [3.63, 3.8) is 0 Å². The molecule has 0 radical (unpaired) electrons. The summed E-state index contributed by atoms with van der Waals surface area (Å²) in [5, 5.41) is 3.03. The van der Waals surface area contributed by atoms with Gasteiger partial charge in [-0.05, 0) is 37.8 Å². The molecule has 1 saturated heterocycles. The molecular weight excluding hydrogens is 300 g/mol. The molecule has 0 spiro atoms. The molecule has 22 heavy (non-hydrogen) atoms. The average molecular weight is 326 g/mol. The number of aromatic nitrogens is 1. The third-order valence-electron chi connectivity index (χ3n) is 4.13. The van der Waals surface area contributed by atoms with Crippen molar-refractivity contribution >= 4 is 16.0 Å². The summed E-state index contributed by atoms with van der Waals surface area (Å²) in [5.41, 5.74) is 1.000. The van der Waals surface area contributed by atoms with Crippen LogP contribution in [0.3, 0.4) is 0 Å². The molecule has 0 aliphatic carbocycles. The van der Waals surface area contributed by atoms with E-state index in [0.29, 0.717) is 6.54 Å². The maximum atomic E-state index is 12.4. The molecule has 1 aromatic heterocycles.